The second-order valence-electron chi connectivity index (χ2n) is 4.38. The predicted octanol–water partition coefficient (Wildman–Crippen LogP) is 4.46. The largest absolute Gasteiger partial charge is 0.207 e. The average Bonchev–Trinajstić information content (AvgIpc) is 2.92. The van der Waals surface area contributed by atoms with Crippen molar-refractivity contribution in [1.29, 1.82) is 0 Å². The molecular weight excluding hydrogens is 278 g/mol. The summed E-state index contributed by atoms with van der Waals surface area (Å²) in [6, 6.07) is 11.0. The fourth-order valence-corrected chi connectivity index (χ4v) is 2.62. The molecule has 1 aromatic heterocycles. The van der Waals surface area contributed by atoms with E-state index in [4.69, 9.17) is 0 Å². The van der Waals surface area contributed by atoms with Crippen molar-refractivity contribution in [3.05, 3.63) is 59.7 Å². The molecule has 0 saturated heterocycles. The van der Waals surface area contributed by atoms with Crippen LogP contribution in [0.4, 0.5) is 8.78 Å². The van der Waals surface area contributed by atoms with E-state index in [0.717, 1.165) is 5.56 Å². The third kappa shape index (κ3) is 2.44. The van der Waals surface area contributed by atoms with E-state index in [1.165, 1.54) is 29.5 Å². The summed E-state index contributed by atoms with van der Waals surface area (Å²) in [6.45, 7) is 1.71. The van der Waals surface area contributed by atoms with E-state index in [9.17, 15) is 8.78 Å². The third-order valence-electron chi connectivity index (χ3n) is 2.93. The molecule has 2 nitrogen and oxygen atoms in total. The van der Waals surface area contributed by atoms with E-state index < -0.39 is 0 Å². The van der Waals surface area contributed by atoms with Crippen molar-refractivity contribution in [2.24, 2.45) is 0 Å². The zero-order valence-electron chi connectivity index (χ0n) is 10.6. The summed E-state index contributed by atoms with van der Waals surface area (Å²) in [7, 11) is 0. The predicted molar refractivity (Wildman–Crippen MR) is 75.4 cm³/mol. The molecule has 0 aliphatic heterocycles. The minimum Gasteiger partial charge on any atom is -0.207 e. The number of hydrogen-bond acceptors (Lipinski definition) is 3. The Morgan fingerprint density at radius 1 is 0.850 bits per heavy atom. The van der Waals surface area contributed by atoms with Gasteiger partial charge in [0.25, 0.3) is 0 Å². The second kappa shape index (κ2) is 5.09. The summed E-state index contributed by atoms with van der Waals surface area (Å²) in [5, 5.41) is 9.46. The number of halogens is 2. The topological polar surface area (TPSA) is 25.8 Å². The van der Waals surface area contributed by atoms with Crippen molar-refractivity contribution < 1.29 is 8.78 Å². The first-order chi connectivity index (χ1) is 9.63. The van der Waals surface area contributed by atoms with Crippen LogP contribution >= 0.6 is 11.3 Å². The molecule has 0 amide bonds. The molecule has 0 radical (unpaired) electrons. The van der Waals surface area contributed by atoms with Crippen LogP contribution in [0.1, 0.15) is 5.56 Å². The van der Waals surface area contributed by atoms with Gasteiger partial charge in [0.2, 0.25) is 0 Å². The van der Waals surface area contributed by atoms with Crippen molar-refractivity contribution in [1.82, 2.24) is 10.2 Å². The van der Waals surface area contributed by atoms with E-state index >= 15 is 0 Å². The average molecular weight is 288 g/mol. The second-order valence-corrected chi connectivity index (χ2v) is 5.36. The standard InChI is InChI=1S/C15H10F2N2S/c1-9-2-3-11(8-13(9)17)15-19-18-14(20-15)10-4-6-12(16)7-5-10/h2-8H,1H3. The lowest BCUT2D eigenvalue weighted by Gasteiger charge is -1.98. The Balaban J connectivity index is 1.97. The third-order valence-corrected chi connectivity index (χ3v) is 3.96. The molecule has 3 rings (SSSR count). The summed E-state index contributed by atoms with van der Waals surface area (Å²) in [5.74, 6) is -0.555. The van der Waals surface area contributed by atoms with Crippen molar-refractivity contribution in [3.63, 3.8) is 0 Å². The highest BCUT2D eigenvalue weighted by atomic mass is 32.1. The SMILES string of the molecule is Cc1ccc(-c2nnc(-c3ccc(F)cc3)s2)cc1F. The van der Waals surface area contributed by atoms with Gasteiger partial charge in [0.05, 0.1) is 0 Å². The summed E-state index contributed by atoms with van der Waals surface area (Å²) in [6.07, 6.45) is 0. The molecule has 0 N–H and O–H groups in total. The first-order valence-electron chi connectivity index (χ1n) is 5.99. The Morgan fingerprint density at radius 3 is 2.10 bits per heavy atom. The number of aromatic nitrogens is 2. The maximum atomic E-state index is 13.6. The zero-order chi connectivity index (χ0) is 14.1. The Hall–Kier alpha value is -2.14. The van der Waals surface area contributed by atoms with E-state index in [1.54, 1.807) is 25.1 Å². The molecule has 5 heteroatoms. The highest BCUT2D eigenvalue weighted by Gasteiger charge is 2.10. The van der Waals surface area contributed by atoms with Gasteiger partial charge in [-0.05, 0) is 42.8 Å². The van der Waals surface area contributed by atoms with E-state index in [0.29, 0.717) is 21.1 Å². The lowest BCUT2D eigenvalue weighted by atomic mass is 10.1. The summed E-state index contributed by atoms with van der Waals surface area (Å²) >= 11 is 1.35. The lowest BCUT2D eigenvalue weighted by molar-refractivity contribution is 0.619. The van der Waals surface area contributed by atoms with Crippen LogP contribution in [0.15, 0.2) is 42.5 Å². The first kappa shape index (κ1) is 12.9. The fourth-order valence-electron chi connectivity index (χ4n) is 1.77. The highest BCUT2D eigenvalue weighted by Crippen LogP contribution is 2.30. The van der Waals surface area contributed by atoms with Gasteiger partial charge >= 0.3 is 0 Å². The molecule has 20 heavy (non-hydrogen) atoms. The molecule has 0 spiro atoms. The minimum atomic E-state index is -0.293. The molecule has 0 aliphatic rings. The van der Waals surface area contributed by atoms with Crippen LogP contribution in [0.5, 0.6) is 0 Å². The van der Waals surface area contributed by atoms with Crippen molar-refractivity contribution in [3.8, 4) is 21.1 Å². The van der Waals surface area contributed by atoms with Crippen LogP contribution in [0.3, 0.4) is 0 Å². The Kier molecular flexibility index (Phi) is 3.28. The normalized spacial score (nSPS) is 10.8. The van der Waals surface area contributed by atoms with E-state index in [2.05, 4.69) is 10.2 Å². The highest BCUT2D eigenvalue weighted by molar-refractivity contribution is 7.17. The van der Waals surface area contributed by atoms with Crippen LogP contribution in [0.2, 0.25) is 0 Å². The number of hydrogen-bond donors (Lipinski definition) is 0. The molecule has 100 valence electrons. The summed E-state index contributed by atoms with van der Waals surface area (Å²) in [4.78, 5) is 0. The Labute approximate surface area is 118 Å². The molecule has 3 aromatic rings. The van der Waals surface area contributed by atoms with Crippen molar-refractivity contribution in [2.45, 2.75) is 6.92 Å². The Morgan fingerprint density at radius 2 is 1.45 bits per heavy atom. The van der Waals surface area contributed by atoms with Gasteiger partial charge < -0.3 is 0 Å². The smallest absolute Gasteiger partial charge is 0.148 e. The molecule has 2 aromatic carbocycles. The maximum absolute atomic E-state index is 13.6. The van der Waals surface area contributed by atoms with Crippen LogP contribution in [0, 0.1) is 18.6 Å². The van der Waals surface area contributed by atoms with Gasteiger partial charge in [-0.2, -0.15) is 0 Å². The molecule has 0 saturated carbocycles. The number of aryl methyl sites for hydroxylation is 1. The molecule has 0 bridgehead atoms. The van der Waals surface area contributed by atoms with Gasteiger partial charge in [0.15, 0.2) is 0 Å². The molecule has 0 fully saturated rings. The van der Waals surface area contributed by atoms with E-state index in [-0.39, 0.29) is 11.6 Å². The summed E-state index contributed by atoms with van der Waals surface area (Å²) < 4.78 is 26.4. The molecule has 0 aliphatic carbocycles. The van der Waals surface area contributed by atoms with Gasteiger partial charge in [0, 0.05) is 11.1 Å². The maximum Gasteiger partial charge on any atom is 0.148 e. The van der Waals surface area contributed by atoms with Crippen molar-refractivity contribution in [2.75, 3.05) is 0 Å². The van der Waals surface area contributed by atoms with Gasteiger partial charge in [-0.15, -0.1) is 10.2 Å². The molecule has 1 heterocycles. The van der Waals surface area contributed by atoms with Crippen molar-refractivity contribution >= 4 is 11.3 Å². The van der Waals surface area contributed by atoms with Crippen LogP contribution in [0.25, 0.3) is 21.1 Å². The molecule has 0 atom stereocenters. The Bertz CT molecular complexity index is 751. The monoisotopic (exact) mass is 288 g/mol. The van der Waals surface area contributed by atoms with Crippen LogP contribution in [-0.2, 0) is 0 Å². The first-order valence-corrected chi connectivity index (χ1v) is 6.81. The quantitative estimate of drug-likeness (QED) is 0.696. The lowest BCUT2D eigenvalue weighted by Crippen LogP contribution is -1.83. The van der Waals surface area contributed by atoms with Gasteiger partial charge in [-0.1, -0.05) is 23.5 Å². The zero-order valence-corrected chi connectivity index (χ0v) is 11.4. The van der Waals surface area contributed by atoms with Gasteiger partial charge in [0.1, 0.15) is 21.6 Å². The molecule has 0 unspecified atom stereocenters. The summed E-state index contributed by atoms with van der Waals surface area (Å²) in [5.41, 5.74) is 2.08. The van der Waals surface area contributed by atoms with E-state index in [1.807, 2.05) is 6.07 Å². The van der Waals surface area contributed by atoms with Crippen LogP contribution in [-0.4, -0.2) is 10.2 Å². The number of nitrogens with zero attached hydrogens (tertiary/aromatic N) is 2. The fraction of sp³-hybridized carbons (Fsp3) is 0.0667. The van der Waals surface area contributed by atoms with Gasteiger partial charge in [-0.25, -0.2) is 8.78 Å². The van der Waals surface area contributed by atoms with Crippen LogP contribution < -0.4 is 0 Å². The minimum absolute atomic E-state index is 0.263. The number of rotatable bonds is 2. The number of benzene rings is 2. The molecular formula is C15H10F2N2S. The van der Waals surface area contributed by atoms with Gasteiger partial charge in [-0.3, -0.25) is 0 Å².